The molecular formula is C28H26ClN3O3. The molecule has 178 valence electrons. The molecule has 5 rings (SSSR count). The molecule has 0 spiro atoms. The summed E-state index contributed by atoms with van der Waals surface area (Å²) in [4.78, 5) is 30.0. The fourth-order valence-electron chi connectivity index (χ4n) is 4.40. The summed E-state index contributed by atoms with van der Waals surface area (Å²) in [6.07, 6.45) is 1.66. The Labute approximate surface area is 209 Å². The number of benzene rings is 3. The first kappa shape index (κ1) is 23.0. The summed E-state index contributed by atoms with van der Waals surface area (Å²) in [7, 11) is 0. The second kappa shape index (κ2) is 9.47. The van der Waals surface area contributed by atoms with E-state index in [2.05, 4.69) is 42.3 Å². The van der Waals surface area contributed by atoms with Crippen molar-refractivity contribution in [2.45, 2.75) is 13.8 Å². The van der Waals surface area contributed by atoms with Crippen LogP contribution in [0.15, 0.2) is 66.4 Å². The zero-order valence-corrected chi connectivity index (χ0v) is 20.4. The van der Waals surface area contributed by atoms with Crippen molar-refractivity contribution in [2.24, 2.45) is 0 Å². The second-order valence-electron chi connectivity index (χ2n) is 8.90. The lowest BCUT2D eigenvalue weighted by molar-refractivity contribution is -0.115. The van der Waals surface area contributed by atoms with Crippen LogP contribution in [0.1, 0.15) is 27.0 Å². The number of anilines is 2. The van der Waals surface area contributed by atoms with E-state index < -0.39 is 0 Å². The van der Waals surface area contributed by atoms with Gasteiger partial charge in [0.1, 0.15) is 0 Å². The maximum Gasteiger partial charge on any atom is 0.291 e. The Bertz CT molecular complexity index is 1330. The summed E-state index contributed by atoms with van der Waals surface area (Å²) in [5.74, 6) is 0.270. The highest BCUT2D eigenvalue weighted by Gasteiger charge is 2.26. The average molecular weight is 488 g/mol. The van der Waals surface area contributed by atoms with Crippen molar-refractivity contribution in [2.75, 3.05) is 36.4 Å². The first-order valence-corrected chi connectivity index (χ1v) is 12.0. The Kier molecular flexibility index (Phi) is 6.22. The monoisotopic (exact) mass is 487 g/mol. The first-order valence-electron chi connectivity index (χ1n) is 11.6. The van der Waals surface area contributed by atoms with Gasteiger partial charge in [0.25, 0.3) is 11.8 Å². The Morgan fingerprint density at radius 3 is 2.46 bits per heavy atom. The SMILES string of the molecule is Cc1ccc(C)c(N2CCN(C(=O)c3ccc4c(c3)NC(=O)/C(=C/c3ccc(Cl)cc3)O4)CC2)c1. The molecule has 0 radical (unpaired) electrons. The highest BCUT2D eigenvalue weighted by atomic mass is 35.5. The van der Waals surface area contributed by atoms with Gasteiger partial charge in [-0.15, -0.1) is 0 Å². The lowest BCUT2D eigenvalue weighted by atomic mass is 10.1. The number of carbonyl (C=O) groups excluding carboxylic acids is 2. The van der Waals surface area contributed by atoms with Crippen molar-refractivity contribution in [3.05, 3.63) is 93.7 Å². The van der Waals surface area contributed by atoms with Crippen molar-refractivity contribution in [3.63, 3.8) is 0 Å². The molecule has 0 aliphatic carbocycles. The van der Waals surface area contributed by atoms with Gasteiger partial charge in [0.05, 0.1) is 5.69 Å². The van der Waals surface area contributed by atoms with Gasteiger partial charge in [-0.3, -0.25) is 9.59 Å². The molecule has 6 nitrogen and oxygen atoms in total. The quantitative estimate of drug-likeness (QED) is 0.510. The predicted molar refractivity (Wildman–Crippen MR) is 139 cm³/mol. The van der Waals surface area contributed by atoms with Gasteiger partial charge in [0.2, 0.25) is 0 Å². The summed E-state index contributed by atoms with van der Waals surface area (Å²) >= 11 is 5.93. The minimum atomic E-state index is -0.362. The second-order valence-corrected chi connectivity index (χ2v) is 9.33. The van der Waals surface area contributed by atoms with E-state index in [0.717, 1.165) is 18.7 Å². The van der Waals surface area contributed by atoms with Gasteiger partial charge >= 0.3 is 0 Å². The van der Waals surface area contributed by atoms with Crippen molar-refractivity contribution < 1.29 is 14.3 Å². The van der Waals surface area contributed by atoms with E-state index in [9.17, 15) is 9.59 Å². The van der Waals surface area contributed by atoms with Crippen molar-refractivity contribution in [1.82, 2.24) is 4.90 Å². The van der Waals surface area contributed by atoms with Crippen LogP contribution in [0.25, 0.3) is 6.08 Å². The van der Waals surface area contributed by atoms with E-state index in [4.69, 9.17) is 16.3 Å². The van der Waals surface area contributed by atoms with Crippen LogP contribution in [0.4, 0.5) is 11.4 Å². The Morgan fingerprint density at radius 2 is 1.71 bits per heavy atom. The molecule has 0 saturated carbocycles. The number of rotatable bonds is 3. The van der Waals surface area contributed by atoms with Crippen LogP contribution >= 0.6 is 11.6 Å². The van der Waals surface area contributed by atoms with Crippen LogP contribution in [0.5, 0.6) is 5.75 Å². The van der Waals surface area contributed by atoms with E-state index >= 15 is 0 Å². The number of piperazine rings is 1. The minimum absolute atomic E-state index is 0.0508. The number of aryl methyl sites for hydroxylation is 2. The molecule has 3 aromatic rings. The molecule has 7 heteroatoms. The molecule has 1 N–H and O–H groups in total. The van der Waals surface area contributed by atoms with Gasteiger partial charge < -0.3 is 19.9 Å². The maximum absolute atomic E-state index is 13.2. The lowest BCUT2D eigenvalue weighted by Gasteiger charge is -2.37. The van der Waals surface area contributed by atoms with Crippen molar-refractivity contribution in [3.8, 4) is 5.75 Å². The van der Waals surface area contributed by atoms with E-state index in [1.807, 2.05) is 17.0 Å². The molecule has 35 heavy (non-hydrogen) atoms. The molecule has 2 heterocycles. The van der Waals surface area contributed by atoms with Gasteiger partial charge in [-0.25, -0.2) is 0 Å². The summed E-state index contributed by atoms with van der Waals surface area (Å²) in [5.41, 5.74) is 5.52. The van der Waals surface area contributed by atoms with Gasteiger partial charge in [-0.2, -0.15) is 0 Å². The lowest BCUT2D eigenvalue weighted by Crippen LogP contribution is -2.49. The standard InChI is InChI=1S/C28H26ClN3O3/c1-18-3-4-19(2)24(15-18)31-11-13-32(14-12-31)28(34)21-7-10-25-23(17-21)30-27(33)26(35-25)16-20-5-8-22(29)9-6-20/h3-10,15-17H,11-14H2,1-2H3,(H,30,33)/b26-16-. The van der Waals surface area contributed by atoms with Crippen molar-refractivity contribution in [1.29, 1.82) is 0 Å². The summed E-state index contributed by atoms with van der Waals surface area (Å²) in [6, 6.07) is 18.7. The highest BCUT2D eigenvalue weighted by Crippen LogP contribution is 2.33. The Hall–Kier alpha value is -3.77. The Balaban J connectivity index is 1.27. The van der Waals surface area contributed by atoms with Gasteiger partial charge in [-0.05, 0) is 73.0 Å². The molecule has 1 saturated heterocycles. The molecule has 2 aliphatic rings. The number of carbonyl (C=O) groups is 2. The zero-order valence-electron chi connectivity index (χ0n) is 19.7. The highest BCUT2D eigenvalue weighted by molar-refractivity contribution is 6.30. The molecule has 2 aliphatic heterocycles. The summed E-state index contributed by atoms with van der Waals surface area (Å²) in [5, 5.41) is 3.46. The fourth-order valence-corrected chi connectivity index (χ4v) is 4.52. The number of ether oxygens (including phenoxy) is 1. The summed E-state index contributed by atoms with van der Waals surface area (Å²) < 4.78 is 5.83. The molecule has 1 fully saturated rings. The number of hydrogen-bond acceptors (Lipinski definition) is 4. The number of fused-ring (bicyclic) bond motifs is 1. The van der Waals surface area contributed by atoms with Crippen LogP contribution in [0.3, 0.4) is 0 Å². The van der Waals surface area contributed by atoms with Crippen molar-refractivity contribution >= 4 is 40.9 Å². The average Bonchev–Trinajstić information content (AvgIpc) is 2.86. The topological polar surface area (TPSA) is 61.9 Å². The van der Waals surface area contributed by atoms with Gasteiger partial charge in [-0.1, -0.05) is 35.9 Å². The molecule has 0 unspecified atom stereocenters. The molecule has 2 amide bonds. The van der Waals surface area contributed by atoms with Crippen LogP contribution < -0.4 is 15.0 Å². The molecular weight excluding hydrogens is 462 g/mol. The van der Waals surface area contributed by atoms with E-state index in [-0.39, 0.29) is 17.6 Å². The largest absolute Gasteiger partial charge is 0.449 e. The number of nitrogens with zero attached hydrogens (tertiary/aromatic N) is 2. The first-order chi connectivity index (χ1) is 16.9. The number of nitrogens with one attached hydrogen (secondary N) is 1. The van der Waals surface area contributed by atoms with E-state index in [1.54, 1.807) is 36.4 Å². The van der Waals surface area contributed by atoms with E-state index in [0.29, 0.717) is 35.1 Å². The Morgan fingerprint density at radius 1 is 0.971 bits per heavy atom. The van der Waals surface area contributed by atoms with Gasteiger partial charge in [0, 0.05) is 42.5 Å². The number of amides is 2. The van der Waals surface area contributed by atoms with Crippen LogP contribution in [-0.2, 0) is 4.79 Å². The van der Waals surface area contributed by atoms with Crippen LogP contribution in [0.2, 0.25) is 5.02 Å². The van der Waals surface area contributed by atoms with Crippen LogP contribution in [-0.4, -0.2) is 42.9 Å². The third-order valence-electron chi connectivity index (χ3n) is 6.36. The predicted octanol–water partition coefficient (Wildman–Crippen LogP) is 5.29. The fraction of sp³-hybridized carbons (Fsp3) is 0.214. The minimum Gasteiger partial charge on any atom is -0.449 e. The third-order valence-corrected chi connectivity index (χ3v) is 6.61. The third kappa shape index (κ3) is 4.88. The smallest absolute Gasteiger partial charge is 0.291 e. The van der Waals surface area contributed by atoms with E-state index in [1.165, 1.54) is 16.8 Å². The molecule has 3 aromatic carbocycles. The number of halogens is 1. The zero-order chi connectivity index (χ0) is 24.5. The maximum atomic E-state index is 13.2. The van der Waals surface area contributed by atoms with Crippen LogP contribution in [0, 0.1) is 13.8 Å². The molecule has 0 atom stereocenters. The normalized spacial score (nSPS) is 16.5. The van der Waals surface area contributed by atoms with Gasteiger partial charge in [0.15, 0.2) is 11.5 Å². The summed E-state index contributed by atoms with van der Waals surface area (Å²) in [6.45, 7) is 7.04. The molecule has 0 aromatic heterocycles. The molecule has 0 bridgehead atoms. The number of hydrogen-bond donors (Lipinski definition) is 1.